The van der Waals surface area contributed by atoms with Crippen molar-refractivity contribution in [3.05, 3.63) is 53.9 Å². The average Bonchev–Trinajstić information content (AvgIpc) is 3.25. The summed E-state index contributed by atoms with van der Waals surface area (Å²) in [5.41, 5.74) is 2.07. The molecule has 5 heteroatoms. The lowest BCUT2D eigenvalue weighted by Crippen LogP contribution is -2.43. The first-order valence-electron chi connectivity index (χ1n) is 9.97. The fraction of sp³-hybridized carbons (Fsp3) is 0.500. The summed E-state index contributed by atoms with van der Waals surface area (Å²) in [6.07, 6.45) is 7.03. The van der Waals surface area contributed by atoms with E-state index in [-0.39, 0.29) is 5.91 Å². The first-order valence-corrected chi connectivity index (χ1v) is 9.97. The van der Waals surface area contributed by atoms with Crippen molar-refractivity contribution in [1.29, 1.82) is 0 Å². The molecule has 1 saturated heterocycles. The molecule has 2 heterocycles. The fourth-order valence-electron chi connectivity index (χ4n) is 3.93. The number of aromatic amines is 1. The molecule has 3 rings (SSSR count). The topological polar surface area (TPSA) is 48.6 Å². The van der Waals surface area contributed by atoms with Gasteiger partial charge in [0.1, 0.15) is 5.75 Å². The molecule has 1 amide bonds. The average molecular weight is 370 g/mol. The molecular formula is C22H31N3O2. The van der Waals surface area contributed by atoms with E-state index in [4.69, 9.17) is 4.74 Å². The highest BCUT2D eigenvalue weighted by atomic mass is 16.5. The monoisotopic (exact) mass is 369 g/mol. The minimum Gasteiger partial charge on any atom is -0.497 e. The molecule has 146 valence electrons. The van der Waals surface area contributed by atoms with Crippen molar-refractivity contribution in [2.45, 2.75) is 26.2 Å². The molecule has 5 nitrogen and oxygen atoms in total. The van der Waals surface area contributed by atoms with Gasteiger partial charge in [0.2, 0.25) is 0 Å². The lowest BCUT2D eigenvalue weighted by Gasteiger charge is -2.35. The number of benzene rings is 1. The second kappa shape index (κ2) is 9.60. The van der Waals surface area contributed by atoms with E-state index in [0.29, 0.717) is 5.92 Å². The minimum absolute atomic E-state index is 0.132. The number of hydrogen-bond donors (Lipinski definition) is 1. The largest absolute Gasteiger partial charge is 0.497 e. The van der Waals surface area contributed by atoms with E-state index in [2.05, 4.69) is 35.0 Å². The Hall–Kier alpha value is -2.27. The minimum atomic E-state index is 0.132. The number of rotatable bonds is 8. The molecule has 1 aliphatic rings. The Morgan fingerprint density at radius 2 is 2.26 bits per heavy atom. The van der Waals surface area contributed by atoms with Crippen LogP contribution in [0.3, 0.4) is 0 Å². The summed E-state index contributed by atoms with van der Waals surface area (Å²) >= 11 is 0. The molecule has 0 aliphatic carbocycles. The highest BCUT2D eigenvalue weighted by molar-refractivity contribution is 5.94. The zero-order chi connectivity index (χ0) is 19.1. The molecular weight excluding hydrogens is 338 g/mol. The molecule has 0 radical (unpaired) electrons. The number of aromatic nitrogens is 1. The zero-order valence-electron chi connectivity index (χ0n) is 16.5. The fourth-order valence-corrected chi connectivity index (χ4v) is 3.93. The summed E-state index contributed by atoms with van der Waals surface area (Å²) in [4.78, 5) is 20.1. The van der Waals surface area contributed by atoms with Gasteiger partial charge in [-0.1, -0.05) is 12.1 Å². The number of nitrogens with one attached hydrogen (secondary N) is 1. The molecule has 0 saturated carbocycles. The Bertz CT molecular complexity index is 714. The molecule has 1 fully saturated rings. The van der Waals surface area contributed by atoms with Crippen molar-refractivity contribution in [2.24, 2.45) is 5.92 Å². The highest BCUT2D eigenvalue weighted by Crippen LogP contribution is 2.20. The number of hydrogen-bond acceptors (Lipinski definition) is 3. The number of ether oxygens (including phenoxy) is 1. The Morgan fingerprint density at radius 1 is 1.37 bits per heavy atom. The predicted octanol–water partition coefficient (Wildman–Crippen LogP) is 3.44. The third-order valence-electron chi connectivity index (χ3n) is 5.45. The smallest absolute Gasteiger partial charge is 0.255 e. The van der Waals surface area contributed by atoms with Gasteiger partial charge >= 0.3 is 0 Å². The number of carbonyl (C=O) groups excluding carboxylic acids is 1. The maximum absolute atomic E-state index is 12.6. The van der Waals surface area contributed by atoms with Crippen LogP contribution in [0.1, 0.15) is 35.7 Å². The van der Waals surface area contributed by atoms with Crippen molar-refractivity contribution >= 4 is 5.91 Å². The molecule has 1 aliphatic heterocycles. The number of likely N-dealkylation sites (tertiary alicyclic amines) is 1. The quantitative estimate of drug-likeness (QED) is 0.775. The molecule has 2 aromatic rings. The van der Waals surface area contributed by atoms with Gasteiger partial charge in [0, 0.05) is 38.6 Å². The Balaban J connectivity index is 1.51. The standard InChI is InChI=1S/C22H31N3O2/c1-3-25(22(26)20-9-11-23-15-20)17-19-7-5-12-24(16-19)13-10-18-6-4-8-21(14-18)27-2/h4,6,8-9,11,14-15,19,23H,3,5,7,10,12-13,16-17H2,1-2H3/t19-/m1/s1. The van der Waals surface area contributed by atoms with Crippen LogP contribution in [0.4, 0.5) is 0 Å². The normalized spacial score (nSPS) is 17.6. The van der Waals surface area contributed by atoms with E-state index in [1.165, 1.54) is 18.4 Å². The summed E-state index contributed by atoms with van der Waals surface area (Å²) in [5.74, 6) is 1.60. The SMILES string of the molecule is CCN(C[C@@H]1CCCN(CCc2cccc(OC)c2)C1)C(=O)c1cc[nH]c1. The molecule has 1 N–H and O–H groups in total. The van der Waals surface area contributed by atoms with E-state index in [0.717, 1.165) is 50.5 Å². The summed E-state index contributed by atoms with van der Waals surface area (Å²) in [6.45, 7) is 6.94. The van der Waals surface area contributed by atoms with Gasteiger partial charge in [-0.2, -0.15) is 0 Å². The Labute approximate surface area is 162 Å². The first-order chi connectivity index (χ1) is 13.2. The summed E-state index contributed by atoms with van der Waals surface area (Å²) < 4.78 is 5.32. The lowest BCUT2D eigenvalue weighted by molar-refractivity contribution is 0.0691. The van der Waals surface area contributed by atoms with Crippen molar-refractivity contribution < 1.29 is 9.53 Å². The predicted molar refractivity (Wildman–Crippen MR) is 108 cm³/mol. The maximum atomic E-state index is 12.6. The van der Waals surface area contributed by atoms with E-state index in [1.54, 1.807) is 13.3 Å². The van der Waals surface area contributed by atoms with E-state index in [9.17, 15) is 4.79 Å². The van der Waals surface area contributed by atoms with Crippen LogP contribution in [0.5, 0.6) is 5.75 Å². The molecule has 0 unspecified atom stereocenters. The molecule has 0 bridgehead atoms. The van der Waals surface area contributed by atoms with Gasteiger partial charge in [0.25, 0.3) is 5.91 Å². The highest BCUT2D eigenvalue weighted by Gasteiger charge is 2.24. The van der Waals surface area contributed by atoms with E-state index in [1.807, 2.05) is 23.2 Å². The maximum Gasteiger partial charge on any atom is 0.255 e. The summed E-state index contributed by atoms with van der Waals surface area (Å²) in [7, 11) is 1.71. The number of H-pyrrole nitrogens is 1. The molecule has 1 atom stereocenters. The Morgan fingerprint density at radius 3 is 3.00 bits per heavy atom. The van der Waals surface area contributed by atoms with Gasteiger partial charge in [0.15, 0.2) is 0 Å². The van der Waals surface area contributed by atoms with Crippen LogP contribution in [-0.4, -0.2) is 60.5 Å². The number of amides is 1. The summed E-state index contributed by atoms with van der Waals surface area (Å²) in [5, 5.41) is 0. The van der Waals surface area contributed by atoms with Crippen LogP contribution >= 0.6 is 0 Å². The van der Waals surface area contributed by atoms with Crippen molar-refractivity contribution in [3.8, 4) is 5.75 Å². The molecule has 1 aromatic heterocycles. The van der Waals surface area contributed by atoms with Crippen LogP contribution in [0, 0.1) is 5.92 Å². The van der Waals surface area contributed by atoms with Crippen molar-refractivity contribution in [3.63, 3.8) is 0 Å². The van der Waals surface area contributed by atoms with Crippen LogP contribution < -0.4 is 4.74 Å². The third kappa shape index (κ3) is 5.36. The molecule has 1 aromatic carbocycles. The van der Waals surface area contributed by atoms with Gasteiger partial charge in [-0.25, -0.2) is 0 Å². The van der Waals surface area contributed by atoms with Crippen LogP contribution in [0.2, 0.25) is 0 Å². The van der Waals surface area contributed by atoms with Crippen LogP contribution in [0.25, 0.3) is 0 Å². The van der Waals surface area contributed by atoms with E-state index < -0.39 is 0 Å². The van der Waals surface area contributed by atoms with E-state index >= 15 is 0 Å². The second-order valence-electron chi connectivity index (χ2n) is 7.35. The Kier molecular flexibility index (Phi) is 6.93. The van der Waals surface area contributed by atoms with Crippen LogP contribution in [0.15, 0.2) is 42.7 Å². The van der Waals surface area contributed by atoms with Gasteiger partial charge < -0.3 is 19.5 Å². The summed E-state index contributed by atoms with van der Waals surface area (Å²) in [6, 6.07) is 10.2. The number of carbonyl (C=O) groups is 1. The first kappa shape index (κ1) is 19.5. The van der Waals surface area contributed by atoms with Crippen LogP contribution in [-0.2, 0) is 6.42 Å². The lowest BCUT2D eigenvalue weighted by atomic mass is 9.96. The number of methoxy groups -OCH3 is 1. The van der Waals surface area contributed by atoms with Gasteiger partial charge in [-0.05, 0) is 62.4 Å². The van der Waals surface area contributed by atoms with Gasteiger partial charge in [0.05, 0.1) is 12.7 Å². The molecule has 0 spiro atoms. The zero-order valence-corrected chi connectivity index (χ0v) is 16.5. The van der Waals surface area contributed by atoms with Crippen molar-refractivity contribution in [1.82, 2.24) is 14.8 Å². The van der Waals surface area contributed by atoms with Gasteiger partial charge in [-0.15, -0.1) is 0 Å². The molecule has 27 heavy (non-hydrogen) atoms. The number of piperidine rings is 1. The second-order valence-corrected chi connectivity index (χ2v) is 7.35. The van der Waals surface area contributed by atoms with Gasteiger partial charge in [-0.3, -0.25) is 4.79 Å². The van der Waals surface area contributed by atoms with Crippen molar-refractivity contribution in [2.75, 3.05) is 39.8 Å². The third-order valence-corrected chi connectivity index (χ3v) is 5.45. The number of nitrogens with zero attached hydrogens (tertiary/aromatic N) is 2.